The largest absolute Gasteiger partial charge is 0.495 e. The topological polar surface area (TPSA) is 29.5 Å². The van der Waals surface area contributed by atoms with Crippen LogP contribution < -0.4 is 9.64 Å². The number of amides is 1. The number of hydrogen-bond acceptors (Lipinski definition) is 2. The van der Waals surface area contributed by atoms with E-state index in [0.29, 0.717) is 18.0 Å². The predicted octanol–water partition coefficient (Wildman–Crippen LogP) is 2.18. The van der Waals surface area contributed by atoms with E-state index in [4.69, 9.17) is 16.3 Å². The van der Waals surface area contributed by atoms with Crippen molar-refractivity contribution >= 4 is 23.2 Å². The molecule has 0 aliphatic carbocycles. The summed E-state index contributed by atoms with van der Waals surface area (Å²) in [5.41, 5.74) is 0.440. The molecule has 1 amide bonds. The molecule has 1 aromatic carbocycles. The first-order valence-electron chi connectivity index (χ1n) is 4.90. The average molecular weight is 244 g/mol. The van der Waals surface area contributed by atoms with Gasteiger partial charge in [0.1, 0.15) is 11.6 Å². The Morgan fingerprint density at radius 2 is 2.31 bits per heavy atom. The second-order valence-electron chi connectivity index (χ2n) is 3.62. The van der Waals surface area contributed by atoms with Crippen molar-refractivity contribution in [1.82, 2.24) is 0 Å². The number of ether oxygens (including phenoxy) is 1. The molecular formula is C11H11ClFNO2. The normalized spacial score (nSPS) is 20.3. The first kappa shape index (κ1) is 11.2. The van der Waals surface area contributed by atoms with Crippen LogP contribution in [0.15, 0.2) is 18.2 Å². The Morgan fingerprint density at radius 1 is 1.56 bits per heavy atom. The van der Waals surface area contributed by atoms with Gasteiger partial charge in [0.05, 0.1) is 18.2 Å². The number of methoxy groups -OCH3 is 1. The number of hydrogen-bond donors (Lipinski definition) is 0. The number of carbonyl (C=O) groups excluding carboxylic acids is 1. The van der Waals surface area contributed by atoms with Crippen LogP contribution >= 0.6 is 11.6 Å². The van der Waals surface area contributed by atoms with Crippen molar-refractivity contribution in [3.8, 4) is 5.75 Å². The molecule has 1 unspecified atom stereocenters. The summed E-state index contributed by atoms with van der Waals surface area (Å²) in [4.78, 5) is 13.1. The summed E-state index contributed by atoms with van der Waals surface area (Å²) in [6.07, 6.45) is 0.279. The molecule has 0 bridgehead atoms. The van der Waals surface area contributed by atoms with Crippen LogP contribution in [0.25, 0.3) is 0 Å². The lowest BCUT2D eigenvalue weighted by molar-refractivity contribution is -0.117. The maximum atomic E-state index is 13.1. The van der Waals surface area contributed by atoms with Crippen LogP contribution in [-0.4, -0.2) is 24.9 Å². The zero-order valence-electron chi connectivity index (χ0n) is 8.74. The number of carbonyl (C=O) groups is 1. The van der Waals surface area contributed by atoms with Gasteiger partial charge in [-0.2, -0.15) is 0 Å². The molecule has 0 radical (unpaired) electrons. The molecule has 1 aliphatic heterocycles. The molecular weight excluding hydrogens is 233 g/mol. The van der Waals surface area contributed by atoms with Crippen molar-refractivity contribution in [2.24, 2.45) is 0 Å². The molecule has 5 heteroatoms. The third-order valence-corrected chi connectivity index (χ3v) is 2.80. The van der Waals surface area contributed by atoms with Gasteiger partial charge in [-0.15, -0.1) is 11.6 Å². The smallest absolute Gasteiger partial charge is 0.228 e. The highest BCUT2D eigenvalue weighted by Gasteiger charge is 2.31. The van der Waals surface area contributed by atoms with Gasteiger partial charge in [0.25, 0.3) is 0 Å². The molecule has 0 N–H and O–H groups in total. The minimum Gasteiger partial charge on any atom is -0.495 e. The highest BCUT2D eigenvalue weighted by molar-refractivity contribution is 6.24. The van der Waals surface area contributed by atoms with Crippen molar-refractivity contribution in [2.75, 3.05) is 18.6 Å². The Labute approximate surface area is 97.8 Å². The van der Waals surface area contributed by atoms with E-state index in [1.165, 1.54) is 30.2 Å². The second kappa shape index (κ2) is 4.29. The van der Waals surface area contributed by atoms with Crippen LogP contribution in [0.4, 0.5) is 10.1 Å². The lowest BCUT2D eigenvalue weighted by atomic mass is 10.2. The standard InChI is InChI=1S/C11H11ClFNO2/c1-16-10-3-2-8(13)5-9(10)14-6-7(12)4-11(14)15/h2-3,5,7H,4,6H2,1H3. The van der Waals surface area contributed by atoms with E-state index in [0.717, 1.165) is 0 Å². The molecule has 3 nitrogen and oxygen atoms in total. The summed E-state index contributed by atoms with van der Waals surface area (Å²) in [5, 5.41) is -0.222. The van der Waals surface area contributed by atoms with Gasteiger partial charge >= 0.3 is 0 Å². The molecule has 1 aliphatic rings. The second-order valence-corrected chi connectivity index (χ2v) is 4.24. The summed E-state index contributed by atoms with van der Waals surface area (Å²) >= 11 is 5.89. The number of alkyl halides is 1. The third-order valence-electron chi connectivity index (χ3n) is 2.51. The van der Waals surface area contributed by atoms with E-state index in [-0.39, 0.29) is 17.7 Å². The molecule has 1 fully saturated rings. The number of halogens is 2. The van der Waals surface area contributed by atoms with E-state index in [2.05, 4.69) is 0 Å². The van der Waals surface area contributed by atoms with Gasteiger partial charge < -0.3 is 9.64 Å². The molecule has 1 atom stereocenters. The predicted molar refractivity (Wildman–Crippen MR) is 59.6 cm³/mol. The van der Waals surface area contributed by atoms with Crippen molar-refractivity contribution in [3.63, 3.8) is 0 Å². The van der Waals surface area contributed by atoms with E-state index >= 15 is 0 Å². The highest BCUT2D eigenvalue weighted by Crippen LogP contribution is 2.33. The Hall–Kier alpha value is -1.29. The molecule has 16 heavy (non-hydrogen) atoms. The first-order chi connectivity index (χ1) is 7.61. The molecule has 1 heterocycles. The van der Waals surface area contributed by atoms with Gasteiger partial charge in [0.15, 0.2) is 0 Å². The number of anilines is 1. The van der Waals surface area contributed by atoms with Crippen LogP contribution in [0.1, 0.15) is 6.42 Å². The van der Waals surface area contributed by atoms with Crippen LogP contribution in [0.5, 0.6) is 5.75 Å². The monoisotopic (exact) mass is 243 g/mol. The lowest BCUT2D eigenvalue weighted by Gasteiger charge is -2.18. The minimum absolute atomic E-state index is 0.107. The highest BCUT2D eigenvalue weighted by atomic mass is 35.5. The first-order valence-corrected chi connectivity index (χ1v) is 5.33. The zero-order chi connectivity index (χ0) is 11.7. The molecule has 2 rings (SSSR count). The third kappa shape index (κ3) is 1.97. The van der Waals surface area contributed by atoms with Gasteiger partial charge in [-0.1, -0.05) is 0 Å². The summed E-state index contributed by atoms with van der Waals surface area (Å²) in [7, 11) is 1.48. The van der Waals surface area contributed by atoms with E-state index in [1.54, 1.807) is 0 Å². The lowest BCUT2D eigenvalue weighted by Crippen LogP contribution is -2.25. The fourth-order valence-electron chi connectivity index (χ4n) is 1.77. The van der Waals surface area contributed by atoms with Crippen LogP contribution in [0.2, 0.25) is 0 Å². The summed E-state index contributed by atoms with van der Waals surface area (Å²) in [6.45, 7) is 0.389. The van der Waals surface area contributed by atoms with Gasteiger partial charge in [0, 0.05) is 19.0 Å². The van der Waals surface area contributed by atoms with Crippen LogP contribution in [-0.2, 0) is 4.79 Å². The van der Waals surface area contributed by atoms with Gasteiger partial charge in [-0.3, -0.25) is 4.79 Å². The zero-order valence-corrected chi connectivity index (χ0v) is 9.50. The Morgan fingerprint density at radius 3 is 2.88 bits per heavy atom. The number of rotatable bonds is 2. The number of nitrogens with zero attached hydrogens (tertiary/aromatic N) is 1. The van der Waals surface area contributed by atoms with Crippen LogP contribution in [0.3, 0.4) is 0 Å². The summed E-state index contributed by atoms with van der Waals surface area (Å²) < 4.78 is 18.2. The molecule has 0 spiro atoms. The van der Waals surface area contributed by atoms with Crippen molar-refractivity contribution in [3.05, 3.63) is 24.0 Å². The van der Waals surface area contributed by atoms with E-state index in [1.807, 2.05) is 0 Å². The maximum absolute atomic E-state index is 13.1. The van der Waals surface area contributed by atoms with E-state index < -0.39 is 5.82 Å². The maximum Gasteiger partial charge on any atom is 0.228 e. The minimum atomic E-state index is -0.401. The average Bonchev–Trinajstić information content (AvgIpc) is 2.57. The van der Waals surface area contributed by atoms with Crippen LogP contribution in [0, 0.1) is 5.82 Å². The molecule has 86 valence electrons. The summed E-state index contributed by atoms with van der Waals surface area (Å²) in [6, 6.07) is 4.08. The quantitative estimate of drug-likeness (QED) is 0.745. The molecule has 0 aromatic heterocycles. The Kier molecular flexibility index (Phi) is 3.01. The van der Waals surface area contributed by atoms with Crippen molar-refractivity contribution < 1.29 is 13.9 Å². The fraction of sp³-hybridized carbons (Fsp3) is 0.364. The Bertz CT molecular complexity index is 424. The van der Waals surface area contributed by atoms with Crippen molar-refractivity contribution in [2.45, 2.75) is 11.8 Å². The molecule has 1 aromatic rings. The fourth-order valence-corrected chi connectivity index (χ4v) is 2.04. The summed E-state index contributed by atoms with van der Waals surface area (Å²) in [5.74, 6) is -0.0361. The molecule has 1 saturated heterocycles. The SMILES string of the molecule is COc1ccc(F)cc1N1CC(Cl)CC1=O. The van der Waals surface area contributed by atoms with Crippen molar-refractivity contribution in [1.29, 1.82) is 0 Å². The van der Waals surface area contributed by atoms with E-state index in [9.17, 15) is 9.18 Å². The van der Waals surface area contributed by atoms with Gasteiger partial charge in [-0.25, -0.2) is 4.39 Å². The van der Waals surface area contributed by atoms with Gasteiger partial charge in [-0.05, 0) is 12.1 Å². The Balaban J connectivity index is 2.39. The molecule has 0 saturated carbocycles. The number of benzene rings is 1. The van der Waals surface area contributed by atoms with Gasteiger partial charge in [0.2, 0.25) is 5.91 Å².